The average Bonchev–Trinajstić information content (AvgIpc) is 2.93. The van der Waals surface area contributed by atoms with Gasteiger partial charge in [0.25, 0.3) is 5.91 Å². The number of carboxylic acids is 1. The molecule has 0 aliphatic heterocycles. The van der Waals surface area contributed by atoms with Gasteiger partial charge in [-0.25, -0.2) is 0 Å². The number of para-hydroxylation sites is 1. The van der Waals surface area contributed by atoms with Gasteiger partial charge < -0.3 is 15.2 Å². The summed E-state index contributed by atoms with van der Waals surface area (Å²) in [5.74, 6) is -1.18. The van der Waals surface area contributed by atoms with Crippen molar-refractivity contribution in [1.82, 2.24) is 5.32 Å². The van der Waals surface area contributed by atoms with Crippen LogP contribution in [0.15, 0.2) is 36.9 Å². The molecule has 1 aromatic rings. The zero-order valence-corrected chi connectivity index (χ0v) is 11.7. The molecule has 0 bridgehead atoms. The number of carbonyl (C=O) groups is 2. The van der Waals surface area contributed by atoms with E-state index in [1.807, 2.05) is 0 Å². The molecule has 2 unspecified atom stereocenters. The molecule has 1 aromatic carbocycles. The fraction of sp³-hybridized carbons (Fsp3) is 0.375. The molecule has 0 heterocycles. The maximum absolute atomic E-state index is 12.3. The Labute approximate surface area is 123 Å². The lowest BCUT2D eigenvalue weighted by molar-refractivity contribution is -0.142. The van der Waals surface area contributed by atoms with E-state index in [0.717, 1.165) is 6.42 Å². The summed E-state index contributed by atoms with van der Waals surface area (Å²) in [5, 5.41) is 12.0. The van der Waals surface area contributed by atoms with E-state index in [2.05, 4.69) is 11.9 Å². The molecule has 112 valence electrons. The fourth-order valence-electron chi connectivity index (χ4n) is 2.60. The van der Waals surface area contributed by atoms with E-state index in [1.54, 1.807) is 30.3 Å². The van der Waals surface area contributed by atoms with E-state index in [1.165, 1.54) is 0 Å². The van der Waals surface area contributed by atoms with Crippen LogP contribution in [-0.4, -0.2) is 29.6 Å². The number of carboxylic acid groups (broad SMARTS) is 1. The molecular formula is C16H19NO4. The van der Waals surface area contributed by atoms with E-state index in [0.29, 0.717) is 30.8 Å². The Bertz CT molecular complexity index is 541. The van der Waals surface area contributed by atoms with Gasteiger partial charge in [0.05, 0.1) is 11.5 Å². The first-order chi connectivity index (χ1) is 10.1. The molecule has 2 N–H and O–H groups in total. The molecule has 1 aliphatic rings. The molecule has 1 amide bonds. The third-order valence-electron chi connectivity index (χ3n) is 3.64. The molecule has 2 rings (SSSR count). The van der Waals surface area contributed by atoms with E-state index < -0.39 is 11.9 Å². The summed E-state index contributed by atoms with van der Waals surface area (Å²) in [7, 11) is 0. The van der Waals surface area contributed by atoms with Crippen LogP contribution in [0.1, 0.15) is 29.6 Å². The minimum Gasteiger partial charge on any atom is -0.489 e. The Balaban J connectivity index is 2.09. The molecule has 0 aromatic heterocycles. The van der Waals surface area contributed by atoms with E-state index in [9.17, 15) is 9.59 Å². The summed E-state index contributed by atoms with van der Waals surface area (Å²) in [5.41, 5.74) is 0.412. The number of amides is 1. The second-order valence-corrected chi connectivity index (χ2v) is 5.05. The van der Waals surface area contributed by atoms with Crippen LogP contribution >= 0.6 is 0 Å². The molecule has 0 radical (unpaired) electrons. The maximum Gasteiger partial charge on any atom is 0.308 e. The van der Waals surface area contributed by atoms with Crippen LogP contribution in [0.3, 0.4) is 0 Å². The SMILES string of the molecule is C=CCOc1ccccc1C(=O)NC1CCCC1C(=O)O. The molecule has 21 heavy (non-hydrogen) atoms. The van der Waals surface area contributed by atoms with Gasteiger partial charge in [-0.15, -0.1) is 0 Å². The molecular weight excluding hydrogens is 270 g/mol. The van der Waals surface area contributed by atoms with Gasteiger partial charge in [0.15, 0.2) is 0 Å². The molecule has 5 nitrogen and oxygen atoms in total. The highest BCUT2D eigenvalue weighted by atomic mass is 16.5. The third-order valence-corrected chi connectivity index (χ3v) is 3.64. The summed E-state index contributed by atoms with van der Waals surface area (Å²) in [6.45, 7) is 3.88. The van der Waals surface area contributed by atoms with Crippen LogP contribution < -0.4 is 10.1 Å². The summed E-state index contributed by atoms with van der Waals surface area (Å²) < 4.78 is 5.45. The van der Waals surface area contributed by atoms with Gasteiger partial charge in [0.1, 0.15) is 12.4 Å². The zero-order chi connectivity index (χ0) is 15.2. The van der Waals surface area contributed by atoms with Crippen LogP contribution in [0.2, 0.25) is 0 Å². The van der Waals surface area contributed by atoms with Gasteiger partial charge in [-0.05, 0) is 25.0 Å². The zero-order valence-electron chi connectivity index (χ0n) is 11.7. The molecule has 2 atom stereocenters. The van der Waals surface area contributed by atoms with Crippen LogP contribution in [-0.2, 0) is 4.79 Å². The highest BCUT2D eigenvalue weighted by Gasteiger charge is 2.34. The topological polar surface area (TPSA) is 75.6 Å². The second kappa shape index (κ2) is 6.92. The third kappa shape index (κ3) is 3.62. The number of aliphatic carboxylic acids is 1. The van der Waals surface area contributed by atoms with Crippen molar-refractivity contribution < 1.29 is 19.4 Å². The Morgan fingerprint density at radius 3 is 2.86 bits per heavy atom. The Morgan fingerprint density at radius 1 is 1.38 bits per heavy atom. The smallest absolute Gasteiger partial charge is 0.308 e. The fourth-order valence-corrected chi connectivity index (χ4v) is 2.60. The minimum absolute atomic E-state index is 0.298. The van der Waals surface area contributed by atoms with Crippen molar-refractivity contribution in [2.75, 3.05) is 6.61 Å². The van der Waals surface area contributed by atoms with Crippen molar-refractivity contribution in [3.8, 4) is 5.75 Å². The maximum atomic E-state index is 12.3. The lowest BCUT2D eigenvalue weighted by Gasteiger charge is -2.18. The number of benzene rings is 1. The summed E-state index contributed by atoms with van der Waals surface area (Å²) in [6, 6.07) is 6.59. The minimum atomic E-state index is -0.853. The lowest BCUT2D eigenvalue weighted by atomic mass is 10.0. The van der Waals surface area contributed by atoms with Crippen molar-refractivity contribution in [1.29, 1.82) is 0 Å². The Morgan fingerprint density at radius 2 is 2.14 bits per heavy atom. The number of nitrogens with one attached hydrogen (secondary N) is 1. The number of ether oxygens (including phenoxy) is 1. The van der Waals surface area contributed by atoms with Crippen LogP contribution in [0.5, 0.6) is 5.75 Å². The molecule has 1 saturated carbocycles. The quantitative estimate of drug-likeness (QED) is 0.787. The highest BCUT2D eigenvalue weighted by Crippen LogP contribution is 2.27. The van der Waals surface area contributed by atoms with Crippen molar-refractivity contribution in [2.45, 2.75) is 25.3 Å². The number of rotatable bonds is 6. The van der Waals surface area contributed by atoms with E-state index in [4.69, 9.17) is 9.84 Å². The normalized spacial score (nSPS) is 20.8. The van der Waals surface area contributed by atoms with Gasteiger partial charge in [-0.1, -0.05) is 31.2 Å². The standard InChI is InChI=1S/C16H19NO4/c1-2-10-21-14-9-4-3-6-12(14)15(18)17-13-8-5-7-11(13)16(19)20/h2-4,6,9,11,13H,1,5,7-8,10H2,(H,17,18)(H,19,20). The molecule has 0 spiro atoms. The second-order valence-electron chi connectivity index (χ2n) is 5.05. The average molecular weight is 289 g/mol. The van der Waals surface area contributed by atoms with Crippen LogP contribution in [0.25, 0.3) is 0 Å². The number of hydrogen-bond donors (Lipinski definition) is 2. The highest BCUT2D eigenvalue weighted by molar-refractivity contribution is 5.97. The monoisotopic (exact) mass is 289 g/mol. The van der Waals surface area contributed by atoms with Crippen molar-refractivity contribution in [2.24, 2.45) is 5.92 Å². The van der Waals surface area contributed by atoms with Crippen molar-refractivity contribution in [3.63, 3.8) is 0 Å². The van der Waals surface area contributed by atoms with Gasteiger partial charge in [0.2, 0.25) is 0 Å². The summed E-state index contributed by atoms with van der Waals surface area (Å²) >= 11 is 0. The van der Waals surface area contributed by atoms with Gasteiger partial charge in [0, 0.05) is 6.04 Å². The van der Waals surface area contributed by atoms with Gasteiger partial charge in [-0.3, -0.25) is 9.59 Å². The molecule has 1 fully saturated rings. The predicted octanol–water partition coefficient (Wildman–Crippen LogP) is 2.23. The molecule has 1 aliphatic carbocycles. The number of hydrogen-bond acceptors (Lipinski definition) is 3. The van der Waals surface area contributed by atoms with Gasteiger partial charge in [-0.2, -0.15) is 0 Å². The van der Waals surface area contributed by atoms with Crippen molar-refractivity contribution >= 4 is 11.9 Å². The largest absolute Gasteiger partial charge is 0.489 e. The molecule has 0 saturated heterocycles. The van der Waals surface area contributed by atoms with Gasteiger partial charge >= 0.3 is 5.97 Å². The summed E-state index contributed by atoms with van der Waals surface area (Å²) in [4.78, 5) is 23.5. The first-order valence-electron chi connectivity index (χ1n) is 7.00. The van der Waals surface area contributed by atoms with Crippen molar-refractivity contribution in [3.05, 3.63) is 42.5 Å². The Kier molecular flexibility index (Phi) is 4.98. The lowest BCUT2D eigenvalue weighted by Crippen LogP contribution is -2.40. The molecule has 5 heteroatoms. The van der Waals surface area contributed by atoms with E-state index >= 15 is 0 Å². The Hall–Kier alpha value is -2.30. The van der Waals surface area contributed by atoms with Crippen LogP contribution in [0, 0.1) is 5.92 Å². The first-order valence-corrected chi connectivity index (χ1v) is 7.00. The number of carbonyl (C=O) groups excluding carboxylic acids is 1. The first kappa shape index (κ1) is 15.1. The van der Waals surface area contributed by atoms with Crippen LogP contribution in [0.4, 0.5) is 0 Å². The summed E-state index contributed by atoms with van der Waals surface area (Å²) in [6.07, 6.45) is 3.72. The predicted molar refractivity (Wildman–Crippen MR) is 78.4 cm³/mol. The van der Waals surface area contributed by atoms with E-state index in [-0.39, 0.29) is 11.9 Å².